The van der Waals surface area contributed by atoms with Crippen LogP contribution in [-0.4, -0.2) is 80.8 Å². The van der Waals surface area contributed by atoms with Crippen molar-refractivity contribution in [2.45, 2.75) is 5.04 Å². The highest BCUT2D eigenvalue weighted by Gasteiger charge is 2.20. The minimum Gasteiger partial charge on any atom is -0.387 e. The van der Waals surface area contributed by atoms with Gasteiger partial charge in [-0.15, -0.1) is 0 Å². The predicted octanol–water partition coefficient (Wildman–Crippen LogP) is -0.716. The van der Waals surface area contributed by atoms with E-state index in [4.69, 9.17) is 26.6 Å². The van der Waals surface area contributed by atoms with E-state index in [1.807, 2.05) is 0 Å². The van der Waals surface area contributed by atoms with E-state index in [1.165, 1.54) is 42.7 Å². The van der Waals surface area contributed by atoms with Crippen molar-refractivity contribution in [1.82, 2.24) is 0 Å². The van der Waals surface area contributed by atoms with Gasteiger partial charge in [0, 0.05) is 42.7 Å². The predicted molar refractivity (Wildman–Crippen MR) is 91.1 cm³/mol. The normalized spacial score (nSPS) is 10.7. The second-order valence-corrected chi connectivity index (χ2v) is 9.26. The van der Waals surface area contributed by atoms with E-state index >= 15 is 0 Å². The van der Waals surface area contributed by atoms with Gasteiger partial charge in [-0.2, -0.15) is 0 Å². The molecule has 0 fully saturated rings. The van der Waals surface area contributed by atoms with Gasteiger partial charge < -0.3 is 26.6 Å². The van der Waals surface area contributed by atoms with Crippen molar-refractivity contribution in [3.8, 4) is 34.4 Å². The average Bonchev–Trinajstić information content (AvgIpc) is 2.57. The van der Waals surface area contributed by atoms with Crippen LogP contribution in [0.5, 0.6) is 0 Å². The third kappa shape index (κ3) is 9.25. The molecule has 0 aliphatic rings. The fourth-order valence-electron chi connectivity index (χ4n) is 1.08. The Kier molecular flexibility index (Phi) is 12.3. The van der Waals surface area contributed by atoms with Crippen LogP contribution in [0.4, 0.5) is 0 Å². The highest BCUT2D eigenvalue weighted by Crippen LogP contribution is 2.17. The van der Waals surface area contributed by atoms with Crippen LogP contribution in [0.2, 0.25) is 5.04 Å². The standard InChI is InChI=1S/C13H18O6Si4/c1-14-21(15-2)10-7-13(20,8-11-22(16-3)17-4)9-12-23(18-5)19-6/h1-6H3. The Morgan fingerprint density at radius 1 is 0.565 bits per heavy atom. The fraction of sp³-hybridized carbons (Fsp3) is 0.538. The third-order valence-corrected chi connectivity index (χ3v) is 5.76. The summed E-state index contributed by atoms with van der Waals surface area (Å²) in [4.78, 5) is 0. The summed E-state index contributed by atoms with van der Waals surface area (Å²) in [7, 11) is 7.64. The molecule has 6 radical (unpaired) electrons. The maximum Gasteiger partial charge on any atom is 0.482 e. The summed E-state index contributed by atoms with van der Waals surface area (Å²) in [6, 6.07) is 0. The number of rotatable bonds is 6. The van der Waals surface area contributed by atoms with Gasteiger partial charge in [0.05, 0.1) is 10.2 Å². The quantitative estimate of drug-likeness (QED) is 0.447. The van der Waals surface area contributed by atoms with Gasteiger partial charge in [-0.05, 0) is 0 Å². The highest BCUT2D eigenvalue weighted by molar-refractivity contribution is 6.56. The molecule has 0 N–H and O–H groups in total. The minimum atomic E-state index is -1.69. The molecule has 0 heterocycles. The van der Waals surface area contributed by atoms with E-state index in [9.17, 15) is 0 Å². The van der Waals surface area contributed by atoms with Crippen molar-refractivity contribution < 1.29 is 26.6 Å². The smallest absolute Gasteiger partial charge is 0.387 e. The monoisotopic (exact) mass is 382 g/mol. The lowest BCUT2D eigenvalue weighted by Gasteiger charge is -2.10. The molecule has 0 aromatic heterocycles. The summed E-state index contributed by atoms with van der Waals surface area (Å²) in [6.45, 7) is 0. The van der Waals surface area contributed by atoms with Crippen LogP contribution in [0.1, 0.15) is 0 Å². The summed E-state index contributed by atoms with van der Waals surface area (Å²) in [6.07, 6.45) is 0. The molecule has 23 heavy (non-hydrogen) atoms. The Hall–Kier alpha value is -0.692. The summed E-state index contributed by atoms with van der Waals surface area (Å²) in [5.74, 6) is 8.78. The largest absolute Gasteiger partial charge is 0.482 e. The highest BCUT2D eigenvalue weighted by atomic mass is 28.3. The Labute approximate surface area is 147 Å². The van der Waals surface area contributed by atoms with Crippen molar-refractivity contribution in [2.75, 3.05) is 42.7 Å². The van der Waals surface area contributed by atoms with Crippen LogP contribution >= 0.6 is 0 Å². The average molecular weight is 383 g/mol. The molecule has 6 nitrogen and oxygen atoms in total. The first-order chi connectivity index (χ1) is 11.0. The second-order valence-electron chi connectivity index (χ2n) is 3.59. The zero-order valence-corrected chi connectivity index (χ0v) is 17.9. The molecule has 0 spiro atoms. The van der Waals surface area contributed by atoms with E-state index in [0.717, 1.165) is 0 Å². The van der Waals surface area contributed by atoms with E-state index in [0.29, 0.717) is 0 Å². The van der Waals surface area contributed by atoms with Crippen LogP contribution in [0.25, 0.3) is 0 Å². The summed E-state index contributed by atoms with van der Waals surface area (Å²) in [5, 5.41) is -1.09. The second kappa shape index (κ2) is 12.7. The molecule has 0 atom stereocenters. The van der Waals surface area contributed by atoms with Crippen molar-refractivity contribution in [3.63, 3.8) is 0 Å². The molecule has 0 unspecified atom stereocenters. The summed E-state index contributed by atoms with van der Waals surface area (Å²) >= 11 is 0. The van der Waals surface area contributed by atoms with Crippen LogP contribution in [0.3, 0.4) is 0 Å². The molecule has 0 bridgehead atoms. The van der Waals surface area contributed by atoms with Crippen molar-refractivity contribution in [1.29, 1.82) is 0 Å². The zero-order valence-electron chi connectivity index (χ0n) is 13.9. The van der Waals surface area contributed by atoms with Gasteiger partial charge in [-0.3, -0.25) is 0 Å². The van der Waals surface area contributed by atoms with Crippen molar-refractivity contribution >= 4 is 38.1 Å². The minimum absolute atomic E-state index is 1.09. The maximum atomic E-state index is 5.13. The molecule has 0 aromatic carbocycles. The van der Waals surface area contributed by atoms with Gasteiger partial charge in [0.25, 0.3) is 0 Å². The van der Waals surface area contributed by atoms with Crippen molar-refractivity contribution in [2.24, 2.45) is 0 Å². The molecule has 0 saturated carbocycles. The van der Waals surface area contributed by atoms with E-state index < -0.39 is 32.9 Å². The number of hydrogen-bond acceptors (Lipinski definition) is 6. The lowest BCUT2D eigenvalue weighted by Crippen LogP contribution is -2.20. The van der Waals surface area contributed by atoms with Gasteiger partial charge >= 0.3 is 27.9 Å². The van der Waals surface area contributed by atoms with E-state index in [-0.39, 0.29) is 0 Å². The molecule has 122 valence electrons. The van der Waals surface area contributed by atoms with Crippen LogP contribution < -0.4 is 0 Å². The zero-order chi connectivity index (χ0) is 17.7. The number of hydrogen-bond donors (Lipinski definition) is 0. The molecule has 0 amide bonds. The Bertz CT molecular complexity index is 438. The lowest BCUT2D eigenvalue weighted by molar-refractivity contribution is 0.293. The Morgan fingerprint density at radius 2 is 0.783 bits per heavy atom. The molecule has 0 aliphatic heterocycles. The Morgan fingerprint density at radius 3 is 0.957 bits per heavy atom. The van der Waals surface area contributed by atoms with Gasteiger partial charge in [0.1, 0.15) is 5.04 Å². The van der Waals surface area contributed by atoms with E-state index in [1.54, 1.807) is 0 Å². The van der Waals surface area contributed by atoms with Crippen LogP contribution in [-0.2, 0) is 26.6 Å². The molecule has 0 aromatic rings. The molecule has 10 heteroatoms. The first-order valence-electron chi connectivity index (χ1n) is 6.17. The van der Waals surface area contributed by atoms with Crippen LogP contribution in [0, 0.1) is 34.4 Å². The summed E-state index contributed by atoms with van der Waals surface area (Å²) in [5.41, 5.74) is 8.68. The van der Waals surface area contributed by atoms with Crippen LogP contribution in [0.15, 0.2) is 0 Å². The first-order valence-corrected chi connectivity index (χ1v) is 10.6. The molecular formula is C13H18O6Si4. The Balaban J connectivity index is 5.59. The van der Waals surface area contributed by atoms with Gasteiger partial charge in [-0.25, -0.2) is 0 Å². The molecule has 0 rings (SSSR count). The lowest BCUT2D eigenvalue weighted by atomic mass is 10.2. The van der Waals surface area contributed by atoms with E-state index in [2.05, 4.69) is 44.6 Å². The maximum absolute atomic E-state index is 5.13. The van der Waals surface area contributed by atoms with Gasteiger partial charge in [-0.1, -0.05) is 34.4 Å². The summed E-state index contributed by atoms with van der Waals surface area (Å²) < 4.78 is 30.8. The van der Waals surface area contributed by atoms with Crippen molar-refractivity contribution in [3.05, 3.63) is 0 Å². The SMILES string of the molecule is CO[Si](C#CC([Si])(C#C[Si](OC)OC)C#C[Si](OC)OC)OC. The fourth-order valence-corrected chi connectivity index (χ4v) is 3.63. The van der Waals surface area contributed by atoms with Gasteiger partial charge in [0.15, 0.2) is 0 Å². The molecule has 0 saturated heterocycles. The first kappa shape index (κ1) is 22.3. The topological polar surface area (TPSA) is 55.4 Å². The third-order valence-electron chi connectivity index (χ3n) is 2.17. The molecule has 0 aliphatic carbocycles. The molecular weight excluding hydrogens is 364 g/mol. The van der Waals surface area contributed by atoms with Gasteiger partial charge in [0.2, 0.25) is 0 Å².